The molecule has 1 aromatic carbocycles. The molecule has 1 heterocycles. The summed E-state index contributed by atoms with van der Waals surface area (Å²) in [5, 5.41) is 6.10. The molecule has 1 aliphatic rings. The van der Waals surface area contributed by atoms with Crippen molar-refractivity contribution in [2.75, 3.05) is 26.7 Å². The minimum Gasteiger partial charge on any atom is -0.356 e. The monoisotopic (exact) mass is 384 g/mol. The van der Waals surface area contributed by atoms with Gasteiger partial charge in [-0.3, -0.25) is 9.79 Å². The fourth-order valence-electron chi connectivity index (χ4n) is 3.08. The first-order valence-corrected chi connectivity index (χ1v) is 9.18. The Morgan fingerprint density at radius 3 is 2.56 bits per heavy atom. The molecule has 27 heavy (non-hydrogen) atoms. The number of likely N-dealkylation sites (tertiary alicyclic amines) is 1. The summed E-state index contributed by atoms with van der Waals surface area (Å²) in [7, 11) is 1.61. The largest absolute Gasteiger partial charge is 0.416 e. The smallest absolute Gasteiger partial charge is 0.356 e. The number of rotatable bonds is 5. The van der Waals surface area contributed by atoms with Crippen LogP contribution in [0.4, 0.5) is 13.2 Å². The highest BCUT2D eigenvalue weighted by molar-refractivity contribution is 5.81. The molecule has 0 saturated carbocycles. The number of guanidine groups is 1. The summed E-state index contributed by atoms with van der Waals surface area (Å²) in [5.74, 6) is 1.19. The van der Waals surface area contributed by atoms with Crippen LogP contribution in [0.5, 0.6) is 0 Å². The van der Waals surface area contributed by atoms with E-state index < -0.39 is 11.7 Å². The Balaban J connectivity index is 1.73. The molecule has 1 aromatic rings. The van der Waals surface area contributed by atoms with Gasteiger partial charge < -0.3 is 15.5 Å². The number of carbonyl (C=O) groups excluding carboxylic acids is 1. The van der Waals surface area contributed by atoms with Crippen LogP contribution < -0.4 is 10.6 Å². The van der Waals surface area contributed by atoms with Gasteiger partial charge in [0.2, 0.25) is 5.91 Å². The van der Waals surface area contributed by atoms with Crippen molar-refractivity contribution in [2.45, 2.75) is 38.9 Å². The van der Waals surface area contributed by atoms with E-state index in [1.807, 2.05) is 4.90 Å². The van der Waals surface area contributed by atoms with Gasteiger partial charge in [0, 0.05) is 39.6 Å². The average Bonchev–Trinajstić information content (AvgIpc) is 2.64. The first kappa shape index (κ1) is 21.1. The summed E-state index contributed by atoms with van der Waals surface area (Å²) in [6.45, 7) is 4.60. The number of halogens is 3. The number of aliphatic imine (C=N–C) groups is 1. The van der Waals surface area contributed by atoms with Crippen LogP contribution in [0.1, 0.15) is 37.3 Å². The van der Waals surface area contributed by atoms with E-state index >= 15 is 0 Å². The van der Waals surface area contributed by atoms with Gasteiger partial charge in [0.05, 0.1) is 5.56 Å². The third kappa shape index (κ3) is 6.77. The summed E-state index contributed by atoms with van der Waals surface area (Å²) in [4.78, 5) is 18.2. The van der Waals surface area contributed by atoms with Gasteiger partial charge >= 0.3 is 6.18 Å². The molecule has 8 heteroatoms. The number of alkyl halides is 3. The zero-order valence-electron chi connectivity index (χ0n) is 15.8. The minimum absolute atomic E-state index is 0.132. The lowest BCUT2D eigenvalue weighted by Crippen LogP contribution is -2.42. The number of amides is 1. The van der Waals surface area contributed by atoms with Crippen LogP contribution in [0.25, 0.3) is 0 Å². The summed E-state index contributed by atoms with van der Waals surface area (Å²) in [6.07, 6.45) is -1.73. The van der Waals surface area contributed by atoms with E-state index in [4.69, 9.17) is 0 Å². The quantitative estimate of drug-likeness (QED) is 0.606. The van der Waals surface area contributed by atoms with Gasteiger partial charge in [0.15, 0.2) is 5.96 Å². The molecule has 1 fully saturated rings. The molecule has 0 bridgehead atoms. The maximum atomic E-state index is 12.6. The van der Waals surface area contributed by atoms with Crippen molar-refractivity contribution in [2.24, 2.45) is 10.9 Å². The third-order valence-corrected chi connectivity index (χ3v) is 4.61. The van der Waals surface area contributed by atoms with Crippen LogP contribution in [-0.4, -0.2) is 43.4 Å². The van der Waals surface area contributed by atoms with Gasteiger partial charge in [-0.1, -0.05) is 19.1 Å². The number of piperidine rings is 1. The van der Waals surface area contributed by atoms with Gasteiger partial charge in [-0.25, -0.2) is 0 Å². The molecular formula is C19H27F3N4O. The molecule has 1 aliphatic heterocycles. The summed E-state index contributed by atoms with van der Waals surface area (Å²) < 4.78 is 37.7. The van der Waals surface area contributed by atoms with E-state index in [1.54, 1.807) is 7.05 Å². The van der Waals surface area contributed by atoms with Crippen LogP contribution in [-0.2, 0) is 17.5 Å². The van der Waals surface area contributed by atoms with E-state index in [0.29, 0.717) is 37.0 Å². The Kier molecular flexibility index (Phi) is 7.50. The molecule has 0 radical (unpaired) electrons. The number of carbonyl (C=O) groups is 1. The van der Waals surface area contributed by atoms with Crippen molar-refractivity contribution in [3.8, 4) is 0 Å². The molecule has 1 unspecified atom stereocenters. The number of hydrogen-bond acceptors (Lipinski definition) is 2. The molecule has 1 atom stereocenters. The second-order valence-corrected chi connectivity index (χ2v) is 6.88. The van der Waals surface area contributed by atoms with E-state index in [-0.39, 0.29) is 5.91 Å². The predicted octanol–water partition coefficient (Wildman–Crippen LogP) is 3.02. The van der Waals surface area contributed by atoms with E-state index in [9.17, 15) is 18.0 Å². The lowest BCUT2D eigenvalue weighted by Gasteiger charge is -2.31. The molecule has 1 amide bonds. The highest BCUT2D eigenvalue weighted by atomic mass is 19.4. The van der Waals surface area contributed by atoms with Gasteiger partial charge in [-0.15, -0.1) is 0 Å². The van der Waals surface area contributed by atoms with Crippen molar-refractivity contribution in [3.05, 3.63) is 35.4 Å². The maximum Gasteiger partial charge on any atom is 0.416 e. The Morgan fingerprint density at radius 2 is 1.96 bits per heavy atom. The molecular weight excluding hydrogens is 357 g/mol. The third-order valence-electron chi connectivity index (χ3n) is 4.61. The van der Waals surface area contributed by atoms with Crippen molar-refractivity contribution in [1.82, 2.24) is 15.5 Å². The standard InChI is InChI=1S/C19H27F3N4O/c1-14-4-3-11-26(13-14)17(27)9-10-24-18(23-2)25-12-15-5-7-16(8-6-15)19(20,21)22/h5-8,14H,3-4,9-13H2,1-2H3,(H2,23,24,25). The second kappa shape index (κ2) is 9.62. The highest BCUT2D eigenvalue weighted by Crippen LogP contribution is 2.29. The van der Waals surface area contributed by atoms with Crippen LogP contribution in [0, 0.1) is 5.92 Å². The Bertz CT molecular complexity index is 643. The van der Waals surface area contributed by atoms with Gasteiger partial charge in [0.1, 0.15) is 0 Å². The topological polar surface area (TPSA) is 56.7 Å². The highest BCUT2D eigenvalue weighted by Gasteiger charge is 2.29. The lowest BCUT2D eigenvalue weighted by molar-refractivity contribution is -0.137. The number of nitrogens with zero attached hydrogens (tertiary/aromatic N) is 2. The van der Waals surface area contributed by atoms with Crippen molar-refractivity contribution in [1.29, 1.82) is 0 Å². The SMILES string of the molecule is CN=C(NCCC(=O)N1CCCC(C)C1)NCc1ccc(C(F)(F)F)cc1. The molecule has 2 N–H and O–H groups in total. The van der Waals surface area contributed by atoms with Crippen LogP contribution in [0.2, 0.25) is 0 Å². The van der Waals surface area contributed by atoms with Crippen molar-refractivity contribution < 1.29 is 18.0 Å². The lowest BCUT2D eigenvalue weighted by atomic mass is 10.00. The number of benzene rings is 1. The van der Waals surface area contributed by atoms with E-state index in [1.165, 1.54) is 18.6 Å². The predicted molar refractivity (Wildman–Crippen MR) is 99.2 cm³/mol. The molecule has 5 nitrogen and oxygen atoms in total. The van der Waals surface area contributed by atoms with E-state index in [0.717, 1.165) is 31.6 Å². The van der Waals surface area contributed by atoms with E-state index in [2.05, 4.69) is 22.5 Å². The molecule has 1 saturated heterocycles. The second-order valence-electron chi connectivity index (χ2n) is 6.88. The van der Waals surface area contributed by atoms with Crippen molar-refractivity contribution >= 4 is 11.9 Å². The molecule has 0 aliphatic carbocycles. The Hall–Kier alpha value is -2.25. The number of nitrogens with one attached hydrogen (secondary N) is 2. The maximum absolute atomic E-state index is 12.6. The first-order valence-electron chi connectivity index (χ1n) is 9.18. The van der Waals surface area contributed by atoms with Crippen LogP contribution in [0.3, 0.4) is 0 Å². The fraction of sp³-hybridized carbons (Fsp3) is 0.579. The molecule has 0 aromatic heterocycles. The van der Waals surface area contributed by atoms with Gasteiger partial charge in [-0.2, -0.15) is 13.2 Å². The molecule has 2 rings (SSSR count). The summed E-state index contributed by atoms with van der Waals surface area (Å²) in [6, 6.07) is 4.99. The van der Waals surface area contributed by atoms with Gasteiger partial charge in [-0.05, 0) is 36.5 Å². The van der Waals surface area contributed by atoms with Crippen LogP contribution >= 0.6 is 0 Å². The average molecular weight is 384 g/mol. The molecule has 150 valence electrons. The van der Waals surface area contributed by atoms with Crippen LogP contribution in [0.15, 0.2) is 29.3 Å². The minimum atomic E-state index is -4.33. The first-order chi connectivity index (χ1) is 12.8. The zero-order valence-corrected chi connectivity index (χ0v) is 15.8. The Labute approximate surface area is 158 Å². The molecule has 0 spiro atoms. The zero-order chi connectivity index (χ0) is 19.9. The Morgan fingerprint density at radius 1 is 1.26 bits per heavy atom. The summed E-state index contributed by atoms with van der Waals surface area (Å²) in [5.41, 5.74) is 0.0450. The summed E-state index contributed by atoms with van der Waals surface area (Å²) >= 11 is 0. The fourth-order valence-corrected chi connectivity index (χ4v) is 3.08. The number of hydrogen-bond donors (Lipinski definition) is 2. The van der Waals surface area contributed by atoms with Gasteiger partial charge in [0.25, 0.3) is 0 Å². The normalized spacial score (nSPS) is 18.3. The van der Waals surface area contributed by atoms with Crippen molar-refractivity contribution in [3.63, 3.8) is 0 Å².